The summed E-state index contributed by atoms with van der Waals surface area (Å²) < 4.78 is 11.3. The maximum atomic E-state index is 6.26. The molecule has 0 radical (unpaired) electrons. The Morgan fingerprint density at radius 3 is 1.69 bits per heavy atom. The molecule has 0 aliphatic heterocycles. The Kier molecular flexibility index (Phi) is 7.40. The van der Waals surface area contributed by atoms with Crippen LogP contribution in [0, 0.1) is 0 Å². The lowest BCUT2D eigenvalue weighted by Gasteiger charge is -2.26. The van der Waals surface area contributed by atoms with Crippen molar-refractivity contribution in [3.63, 3.8) is 0 Å². The number of para-hydroxylation sites is 3. The third kappa shape index (κ3) is 5.27. The molecule has 3 nitrogen and oxygen atoms in total. The molecule has 4 heteroatoms. The Labute approximate surface area is 338 Å². The summed E-state index contributed by atoms with van der Waals surface area (Å²) in [6.45, 7) is 0. The van der Waals surface area contributed by atoms with Gasteiger partial charge in [-0.2, -0.15) is 0 Å². The number of aromatic nitrogens is 1. The number of thiophene rings is 1. The van der Waals surface area contributed by atoms with Crippen LogP contribution < -0.4 is 4.90 Å². The van der Waals surface area contributed by atoms with Crippen LogP contribution >= 0.6 is 11.3 Å². The number of furan rings is 1. The van der Waals surface area contributed by atoms with Gasteiger partial charge in [0.25, 0.3) is 0 Å². The molecule has 0 N–H and O–H groups in total. The van der Waals surface area contributed by atoms with Gasteiger partial charge in [0.2, 0.25) is 0 Å². The zero-order valence-corrected chi connectivity index (χ0v) is 32.2. The second-order valence-electron chi connectivity index (χ2n) is 14.9. The molecule has 0 saturated heterocycles. The van der Waals surface area contributed by atoms with Crippen molar-refractivity contribution in [1.29, 1.82) is 0 Å². The summed E-state index contributed by atoms with van der Waals surface area (Å²) in [5.41, 5.74) is 13.2. The predicted molar refractivity (Wildman–Crippen MR) is 247 cm³/mol. The SMILES string of the molecule is c1ccc(-n2c3ccccc3c3ccc(N(c4ccc(-c5ccc6c(c5)oc5ccccc56)cc4)c4ccc(-c5ccc6sc7ccccc7c6c5)cc4)cc32)cc1. The maximum Gasteiger partial charge on any atom is 0.136 e. The second-order valence-corrected chi connectivity index (χ2v) is 16.0. The van der Waals surface area contributed by atoms with Gasteiger partial charge >= 0.3 is 0 Å². The average molecular weight is 759 g/mol. The molecule has 0 saturated carbocycles. The predicted octanol–water partition coefficient (Wildman–Crippen LogP) is 15.9. The third-order valence-corrected chi connectivity index (χ3v) is 12.8. The summed E-state index contributed by atoms with van der Waals surface area (Å²) in [4.78, 5) is 2.37. The average Bonchev–Trinajstić information content (AvgIpc) is 3.96. The Morgan fingerprint density at radius 2 is 0.897 bits per heavy atom. The van der Waals surface area contributed by atoms with E-state index in [2.05, 4.69) is 204 Å². The molecule has 0 bridgehead atoms. The van der Waals surface area contributed by atoms with E-state index in [0.29, 0.717) is 0 Å². The molecule has 3 heterocycles. The van der Waals surface area contributed by atoms with E-state index in [-0.39, 0.29) is 0 Å². The Balaban J connectivity index is 0.988. The zero-order chi connectivity index (χ0) is 38.2. The van der Waals surface area contributed by atoms with E-state index in [1.54, 1.807) is 0 Å². The van der Waals surface area contributed by atoms with Crippen molar-refractivity contribution in [2.24, 2.45) is 0 Å². The smallest absolute Gasteiger partial charge is 0.136 e. The van der Waals surface area contributed by atoms with Crippen molar-refractivity contribution < 1.29 is 4.42 Å². The Morgan fingerprint density at radius 1 is 0.345 bits per heavy atom. The third-order valence-electron chi connectivity index (χ3n) is 11.6. The van der Waals surface area contributed by atoms with Gasteiger partial charge in [-0.25, -0.2) is 0 Å². The van der Waals surface area contributed by atoms with Crippen molar-refractivity contribution in [3.8, 4) is 27.9 Å². The second kappa shape index (κ2) is 13.1. The molecule has 0 fully saturated rings. The molecular weight excluding hydrogens is 725 g/mol. The first-order valence-electron chi connectivity index (χ1n) is 19.7. The van der Waals surface area contributed by atoms with Crippen LogP contribution in [0.4, 0.5) is 17.1 Å². The zero-order valence-electron chi connectivity index (χ0n) is 31.3. The molecule has 12 rings (SSSR count). The normalized spacial score (nSPS) is 11.8. The minimum atomic E-state index is 0.901. The van der Waals surface area contributed by atoms with Gasteiger partial charge in [-0.3, -0.25) is 0 Å². The molecule has 0 aliphatic carbocycles. The van der Waals surface area contributed by atoms with Crippen molar-refractivity contribution in [1.82, 2.24) is 4.57 Å². The Hall–Kier alpha value is -7.40. The number of fused-ring (bicyclic) bond motifs is 9. The maximum absolute atomic E-state index is 6.26. The van der Waals surface area contributed by atoms with Gasteiger partial charge < -0.3 is 13.9 Å². The van der Waals surface area contributed by atoms with Crippen LogP contribution in [-0.2, 0) is 0 Å². The van der Waals surface area contributed by atoms with Crippen LogP contribution in [0.3, 0.4) is 0 Å². The van der Waals surface area contributed by atoms with Crippen LogP contribution in [-0.4, -0.2) is 4.57 Å². The summed E-state index contributed by atoms with van der Waals surface area (Å²) in [5, 5.41) is 7.38. The highest BCUT2D eigenvalue weighted by Gasteiger charge is 2.18. The van der Waals surface area contributed by atoms with Crippen LogP contribution in [0.1, 0.15) is 0 Å². The van der Waals surface area contributed by atoms with E-state index >= 15 is 0 Å². The summed E-state index contributed by atoms with van der Waals surface area (Å²) in [5.74, 6) is 0. The fourth-order valence-electron chi connectivity index (χ4n) is 8.82. The van der Waals surface area contributed by atoms with Gasteiger partial charge in [-0.1, -0.05) is 115 Å². The van der Waals surface area contributed by atoms with Gasteiger partial charge in [0.1, 0.15) is 11.2 Å². The highest BCUT2D eigenvalue weighted by molar-refractivity contribution is 7.25. The fraction of sp³-hybridized carbons (Fsp3) is 0. The van der Waals surface area contributed by atoms with Gasteiger partial charge in [0, 0.05) is 64.5 Å². The fourth-order valence-corrected chi connectivity index (χ4v) is 9.90. The summed E-state index contributed by atoms with van der Waals surface area (Å²) >= 11 is 1.86. The van der Waals surface area contributed by atoms with E-state index in [0.717, 1.165) is 55.8 Å². The minimum absolute atomic E-state index is 0.901. The topological polar surface area (TPSA) is 21.3 Å². The molecule has 0 atom stereocenters. The standard InChI is InChI=1S/C54H34N2OS/c1-2-10-39(11-3-1)56-49-15-7-4-12-43(49)44-30-28-42(34-50(44)56)55(40-24-18-35(19-25-40)37-23-31-54-48(32-37)47-14-6-9-17-53(47)58-54)41-26-20-36(21-27-41)38-22-29-46-45-13-5-8-16-51(45)57-52(46)33-38/h1-34H. The largest absolute Gasteiger partial charge is 0.456 e. The van der Waals surface area contributed by atoms with Gasteiger partial charge in [-0.15, -0.1) is 11.3 Å². The van der Waals surface area contributed by atoms with Gasteiger partial charge in [-0.05, 0) is 113 Å². The molecule has 12 aromatic rings. The molecular formula is C54H34N2OS. The molecule has 0 spiro atoms. The van der Waals surface area contributed by atoms with Crippen molar-refractivity contribution >= 4 is 92.3 Å². The summed E-state index contributed by atoms with van der Waals surface area (Å²) in [6.07, 6.45) is 0. The van der Waals surface area contributed by atoms with E-state index in [1.165, 1.54) is 53.1 Å². The molecule has 0 unspecified atom stereocenters. The highest BCUT2D eigenvalue weighted by Crippen LogP contribution is 2.42. The number of benzene rings is 9. The van der Waals surface area contributed by atoms with Crippen LogP contribution in [0.15, 0.2) is 211 Å². The number of nitrogens with zero attached hydrogens (tertiary/aromatic N) is 2. The van der Waals surface area contributed by atoms with E-state index in [1.807, 2.05) is 23.5 Å². The van der Waals surface area contributed by atoms with Crippen molar-refractivity contribution in [2.45, 2.75) is 0 Å². The number of rotatable bonds is 6. The monoisotopic (exact) mass is 758 g/mol. The van der Waals surface area contributed by atoms with E-state index in [9.17, 15) is 0 Å². The van der Waals surface area contributed by atoms with Crippen molar-refractivity contribution in [3.05, 3.63) is 206 Å². The number of anilines is 3. The van der Waals surface area contributed by atoms with Crippen LogP contribution in [0.25, 0.3) is 91.9 Å². The summed E-state index contributed by atoms with van der Waals surface area (Å²) in [7, 11) is 0. The lowest BCUT2D eigenvalue weighted by molar-refractivity contribution is 0.669. The highest BCUT2D eigenvalue weighted by atomic mass is 32.1. The van der Waals surface area contributed by atoms with Gasteiger partial charge in [0.15, 0.2) is 0 Å². The first-order valence-corrected chi connectivity index (χ1v) is 20.5. The van der Waals surface area contributed by atoms with Crippen LogP contribution in [0.2, 0.25) is 0 Å². The van der Waals surface area contributed by atoms with E-state index in [4.69, 9.17) is 4.42 Å². The quantitative estimate of drug-likeness (QED) is 0.168. The molecule has 272 valence electrons. The molecule has 58 heavy (non-hydrogen) atoms. The summed E-state index contributed by atoms with van der Waals surface area (Å²) in [6, 6.07) is 74.5. The first-order chi connectivity index (χ1) is 28.7. The first kappa shape index (κ1) is 32.8. The molecule has 3 aromatic heterocycles. The number of hydrogen-bond donors (Lipinski definition) is 0. The lowest BCUT2D eigenvalue weighted by Crippen LogP contribution is -2.10. The number of hydrogen-bond acceptors (Lipinski definition) is 3. The van der Waals surface area contributed by atoms with Crippen LogP contribution in [0.5, 0.6) is 0 Å². The lowest BCUT2D eigenvalue weighted by atomic mass is 10.0. The molecule has 0 aliphatic rings. The van der Waals surface area contributed by atoms with Crippen molar-refractivity contribution in [2.75, 3.05) is 4.90 Å². The van der Waals surface area contributed by atoms with Gasteiger partial charge in [0.05, 0.1) is 11.0 Å². The molecule has 0 amide bonds. The minimum Gasteiger partial charge on any atom is -0.456 e. The Bertz CT molecular complexity index is 3500. The molecule has 9 aromatic carbocycles. The van der Waals surface area contributed by atoms with E-state index < -0.39 is 0 Å².